The van der Waals surface area contributed by atoms with Crippen LogP contribution in [0.15, 0.2) is 30.3 Å². The van der Waals surface area contributed by atoms with Gasteiger partial charge in [0.25, 0.3) is 0 Å². The molecule has 2 heterocycles. The van der Waals surface area contributed by atoms with E-state index < -0.39 is 6.10 Å². The van der Waals surface area contributed by atoms with Crippen molar-refractivity contribution in [1.29, 1.82) is 0 Å². The fourth-order valence-electron chi connectivity index (χ4n) is 5.32. The number of ether oxygens (including phenoxy) is 1. The summed E-state index contributed by atoms with van der Waals surface area (Å²) in [4.78, 5) is 39.7. The molecule has 1 saturated carbocycles. The maximum absolute atomic E-state index is 12.6. The number of hydrogen-bond donors (Lipinski definition) is 2. The van der Waals surface area contributed by atoms with Gasteiger partial charge in [-0.2, -0.15) is 0 Å². The minimum absolute atomic E-state index is 0.0834. The molecule has 8 heteroatoms. The number of likely N-dealkylation sites (tertiary alicyclic amines) is 1. The molecule has 1 aromatic rings. The second-order valence-corrected chi connectivity index (χ2v) is 9.16. The lowest BCUT2D eigenvalue weighted by molar-refractivity contribution is -0.142. The van der Waals surface area contributed by atoms with Crippen LogP contribution >= 0.6 is 0 Å². The summed E-state index contributed by atoms with van der Waals surface area (Å²) < 4.78 is 5.48. The third kappa shape index (κ3) is 5.03. The first kappa shape index (κ1) is 22.9. The number of nitrogens with zero attached hydrogens (tertiary/aromatic N) is 2. The molecule has 3 fully saturated rings. The average molecular weight is 444 g/mol. The zero-order valence-corrected chi connectivity index (χ0v) is 18.5. The van der Waals surface area contributed by atoms with Crippen LogP contribution in [0.4, 0.5) is 0 Å². The Balaban J connectivity index is 1.47. The molecule has 174 valence electrons. The highest BCUT2D eigenvalue weighted by atomic mass is 16.5. The molecule has 3 amide bonds. The van der Waals surface area contributed by atoms with E-state index in [0.29, 0.717) is 26.2 Å². The molecule has 4 rings (SSSR count). The highest BCUT2D eigenvalue weighted by Crippen LogP contribution is 2.39. The number of benzene rings is 1. The van der Waals surface area contributed by atoms with Crippen LogP contribution in [0.1, 0.15) is 44.1 Å². The minimum Gasteiger partial charge on any atom is -0.391 e. The largest absolute Gasteiger partial charge is 0.391 e. The Labute approximate surface area is 188 Å². The van der Waals surface area contributed by atoms with E-state index in [-0.39, 0.29) is 48.6 Å². The lowest BCUT2D eigenvalue weighted by Gasteiger charge is -2.37. The number of carbonyl (C=O) groups excluding carboxylic acids is 3. The second kappa shape index (κ2) is 10.1. The Morgan fingerprint density at radius 3 is 2.41 bits per heavy atom. The number of nitrogens with one attached hydrogen (secondary N) is 1. The predicted molar refractivity (Wildman–Crippen MR) is 118 cm³/mol. The fourth-order valence-corrected chi connectivity index (χ4v) is 5.32. The molecule has 2 N–H and O–H groups in total. The maximum atomic E-state index is 12.6. The van der Waals surface area contributed by atoms with Crippen LogP contribution in [0.5, 0.6) is 0 Å². The van der Waals surface area contributed by atoms with Gasteiger partial charge in [0.05, 0.1) is 19.3 Å². The van der Waals surface area contributed by atoms with Gasteiger partial charge in [-0.25, -0.2) is 0 Å². The first-order valence-corrected chi connectivity index (χ1v) is 11.6. The van der Waals surface area contributed by atoms with Crippen molar-refractivity contribution in [2.24, 2.45) is 0 Å². The summed E-state index contributed by atoms with van der Waals surface area (Å²) in [5.41, 5.74) is 0.835. The standard InChI is InChI=1S/C24H33N3O5/c28-20-9-11-24(18-4-2-1-3-5-18,10-8-19(20)26-12-14-32-15-13-26)17-25-21(29)16-27-22(30)6-7-23(27)31/h1-5,19-20,28H,6-17H2,(H,25,29)/t19-,20-,24-/m1/s1. The number of hydrogen-bond acceptors (Lipinski definition) is 6. The van der Waals surface area contributed by atoms with Gasteiger partial charge in [-0.05, 0) is 31.2 Å². The van der Waals surface area contributed by atoms with E-state index in [1.807, 2.05) is 18.2 Å². The van der Waals surface area contributed by atoms with Gasteiger partial charge in [-0.1, -0.05) is 30.3 Å². The zero-order valence-electron chi connectivity index (χ0n) is 18.5. The van der Waals surface area contributed by atoms with Gasteiger partial charge < -0.3 is 15.2 Å². The number of aliphatic hydroxyl groups is 1. The molecule has 0 aromatic heterocycles. The summed E-state index contributed by atoms with van der Waals surface area (Å²) in [5.74, 6) is -0.888. The number of morpholine rings is 1. The van der Waals surface area contributed by atoms with Crippen molar-refractivity contribution in [3.63, 3.8) is 0 Å². The molecule has 2 saturated heterocycles. The van der Waals surface area contributed by atoms with Gasteiger partial charge in [-0.15, -0.1) is 0 Å². The van der Waals surface area contributed by atoms with Crippen molar-refractivity contribution in [2.75, 3.05) is 39.4 Å². The summed E-state index contributed by atoms with van der Waals surface area (Å²) >= 11 is 0. The third-order valence-electron chi connectivity index (χ3n) is 7.26. The molecule has 2 aliphatic heterocycles. The maximum Gasteiger partial charge on any atom is 0.240 e. The third-order valence-corrected chi connectivity index (χ3v) is 7.26. The normalized spacial score (nSPS) is 29.7. The van der Waals surface area contributed by atoms with Gasteiger partial charge in [0.1, 0.15) is 6.54 Å². The quantitative estimate of drug-likeness (QED) is 0.499. The molecule has 0 bridgehead atoms. The summed E-state index contributed by atoms with van der Waals surface area (Å²) in [6.07, 6.45) is 3.00. The number of amides is 3. The summed E-state index contributed by atoms with van der Waals surface area (Å²) in [6, 6.07) is 10.2. The van der Waals surface area contributed by atoms with Gasteiger partial charge in [0.15, 0.2) is 0 Å². The molecule has 0 spiro atoms. The van der Waals surface area contributed by atoms with E-state index in [9.17, 15) is 19.5 Å². The first-order chi connectivity index (χ1) is 15.5. The van der Waals surface area contributed by atoms with Crippen molar-refractivity contribution in [3.8, 4) is 0 Å². The monoisotopic (exact) mass is 443 g/mol. The molecular weight excluding hydrogens is 410 g/mol. The first-order valence-electron chi connectivity index (χ1n) is 11.6. The van der Waals surface area contributed by atoms with Crippen LogP contribution < -0.4 is 5.32 Å². The van der Waals surface area contributed by atoms with Crippen LogP contribution in [0.25, 0.3) is 0 Å². The second-order valence-electron chi connectivity index (χ2n) is 9.16. The number of rotatable bonds is 6. The Morgan fingerprint density at radius 2 is 1.72 bits per heavy atom. The number of aliphatic hydroxyl groups excluding tert-OH is 1. The lowest BCUT2D eigenvalue weighted by atomic mass is 9.74. The van der Waals surface area contributed by atoms with E-state index in [1.54, 1.807) is 0 Å². The van der Waals surface area contributed by atoms with E-state index in [4.69, 9.17) is 4.74 Å². The van der Waals surface area contributed by atoms with Crippen molar-refractivity contribution >= 4 is 17.7 Å². The minimum atomic E-state index is -0.422. The summed E-state index contributed by atoms with van der Waals surface area (Å²) in [5, 5.41) is 14.0. The molecule has 8 nitrogen and oxygen atoms in total. The Morgan fingerprint density at radius 1 is 1.06 bits per heavy atom. The van der Waals surface area contributed by atoms with Gasteiger partial charge in [-0.3, -0.25) is 24.2 Å². The van der Waals surface area contributed by atoms with Crippen molar-refractivity contribution in [2.45, 2.75) is 56.1 Å². The van der Waals surface area contributed by atoms with Crippen LogP contribution in [0.2, 0.25) is 0 Å². The zero-order chi connectivity index (χ0) is 22.6. The molecule has 0 radical (unpaired) electrons. The molecule has 3 aliphatic rings. The van der Waals surface area contributed by atoms with E-state index in [2.05, 4.69) is 22.3 Å². The average Bonchev–Trinajstić information content (AvgIpc) is 3.03. The Kier molecular flexibility index (Phi) is 7.23. The topological polar surface area (TPSA) is 99.2 Å². The highest BCUT2D eigenvalue weighted by molar-refractivity contribution is 6.04. The number of imide groups is 1. The smallest absolute Gasteiger partial charge is 0.240 e. The number of carbonyl (C=O) groups is 3. The van der Waals surface area contributed by atoms with Crippen LogP contribution in [0.3, 0.4) is 0 Å². The summed E-state index contributed by atoms with van der Waals surface area (Å²) in [7, 11) is 0. The van der Waals surface area contributed by atoms with Crippen molar-refractivity contribution in [1.82, 2.24) is 15.1 Å². The molecule has 1 aromatic carbocycles. The molecule has 32 heavy (non-hydrogen) atoms. The van der Waals surface area contributed by atoms with Crippen molar-refractivity contribution < 1.29 is 24.2 Å². The lowest BCUT2D eigenvalue weighted by Crippen LogP contribution is -2.48. The Hall–Kier alpha value is -2.29. The van der Waals surface area contributed by atoms with Gasteiger partial charge >= 0.3 is 0 Å². The molecule has 1 aliphatic carbocycles. The fraction of sp³-hybridized carbons (Fsp3) is 0.625. The van der Waals surface area contributed by atoms with Gasteiger partial charge in [0.2, 0.25) is 17.7 Å². The van der Waals surface area contributed by atoms with E-state index in [1.165, 1.54) is 0 Å². The molecule has 0 unspecified atom stereocenters. The van der Waals surface area contributed by atoms with Crippen LogP contribution in [0, 0.1) is 0 Å². The van der Waals surface area contributed by atoms with Crippen LogP contribution in [-0.4, -0.2) is 84.2 Å². The van der Waals surface area contributed by atoms with E-state index >= 15 is 0 Å². The van der Waals surface area contributed by atoms with E-state index in [0.717, 1.165) is 42.8 Å². The molecular formula is C24H33N3O5. The van der Waals surface area contributed by atoms with Crippen molar-refractivity contribution in [3.05, 3.63) is 35.9 Å². The predicted octanol–water partition coefficient (Wildman–Crippen LogP) is 0.825. The highest BCUT2D eigenvalue weighted by Gasteiger charge is 2.40. The molecule has 3 atom stereocenters. The summed E-state index contributed by atoms with van der Waals surface area (Å²) in [6.45, 7) is 3.23. The SMILES string of the molecule is O=C(CN1C(=O)CCC1=O)NC[C@]1(c2ccccc2)CC[C@@H](O)[C@H](N2CCOCC2)CC1. The van der Waals surface area contributed by atoms with Gasteiger partial charge in [0, 0.05) is 43.9 Å². The van der Waals surface area contributed by atoms with Crippen LogP contribution in [-0.2, 0) is 24.5 Å². The Bertz CT molecular complexity index is 810.